The summed E-state index contributed by atoms with van der Waals surface area (Å²) in [6.45, 7) is 1.92. The zero-order chi connectivity index (χ0) is 14.5. The SMILES string of the molecule is COc1ccc(C(Oc2ccc(Cl)cc2)C(C)N)cc1. The van der Waals surface area contributed by atoms with E-state index in [0.29, 0.717) is 5.02 Å². The van der Waals surface area contributed by atoms with Crippen LogP contribution < -0.4 is 15.2 Å². The van der Waals surface area contributed by atoms with Gasteiger partial charge in [-0.2, -0.15) is 0 Å². The summed E-state index contributed by atoms with van der Waals surface area (Å²) in [4.78, 5) is 0. The number of hydrogen-bond acceptors (Lipinski definition) is 3. The van der Waals surface area contributed by atoms with Gasteiger partial charge in [-0.25, -0.2) is 0 Å². The van der Waals surface area contributed by atoms with E-state index in [1.165, 1.54) is 0 Å². The van der Waals surface area contributed by atoms with E-state index in [4.69, 9.17) is 26.8 Å². The van der Waals surface area contributed by atoms with Crippen molar-refractivity contribution in [2.45, 2.75) is 19.1 Å². The van der Waals surface area contributed by atoms with Gasteiger partial charge in [0.05, 0.1) is 7.11 Å². The predicted octanol–water partition coefficient (Wildman–Crippen LogP) is 3.82. The Kier molecular flexibility index (Phi) is 4.88. The second-order valence-corrected chi connectivity index (χ2v) is 5.06. The van der Waals surface area contributed by atoms with Crippen LogP contribution in [0.15, 0.2) is 48.5 Å². The van der Waals surface area contributed by atoms with Gasteiger partial charge in [-0.15, -0.1) is 0 Å². The van der Waals surface area contributed by atoms with Gasteiger partial charge >= 0.3 is 0 Å². The highest BCUT2D eigenvalue weighted by atomic mass is 35.5. The van der Waals surface area contributed by atoms with E-state index in [0.717, 1.165) is 17.1 Å². The number of hydrogen-bond donors (Lipinski definition) is 1. The zero-order valence-electron chi connectivity index (χ0n) is 11.5. The fourth-order valence-electron chi connectivity index (χ4n) is 1.93. The lowest BCUT2D eigenvalue weighted by Gasteiger charge is -2.23. The molecule has 2 unspecified atom stereocenters. The predicted molar refractivity (Wildman–Crippen MR) is 81.5 cm³/mol. The first kappa shape index (κ1) is 14.7. The average molecular weight is 292 g/mol. The minimum atomic E-state index is -0.220. The molecule has 0 radical (unpaired) electrons. The van der Waals surface area contributed by atoms with E-state index in [2.05, 4.69) is 0 Å². The smallest absolute Gasteiger partial charge is 0.138 e. The van der Waals surface area contributed by atoms with Gasteiger partial charge in [0.1, 0.15) is 17.6 Å². The molecule has 2 aromatic rings. The second-order valence-electron chi connectivity index (χ2n) is 4.62. The number of methoxy groups -OCH3 is 1. The molecule has 0 saturated carbocycles. The van der Waals surface area contributed by atoms with Crippen molar-refractivity contribution in [2.24, 2.45) is 5.73 Å². The Morgan fingerprint density at radius 2 is 1.50 bits per heavy atom. The molecule has 0 amide bonds. The van der Waals surface area contributed by atoms with E-state index in [1.807, 2.05) is 43.3 Å². The van der Waals surface area contributed by atoms with Crippen molar-refractivity contribution in [1.82, 2.24) is 0 Å². The molecule has 4 heteroatoms. The van der Waals surface area contributed by atoms with Crippen molar-refractivity contribution in [3.63, 3.8) is 0 Å². The number of ether oxygens (including phenoxy) is 2. The largest absolute Gasteiger partial charge is 0.497 e. The molecule has 0 aliphatic carbocycles. The van der Waals surface area contributed by atoms with E-state index in [-0.39, 0.29) is 12.1 Å². The lowest BCUT2D eigenvalue weighted by atomic mass is 10.0. The Morgan fingerprint density at radius 3 is 2.00 bits per heavy atom. The molecule has 2 N–H and O–H groups in total. The van der Waals surface area contributed by atoms with Crippen molar-refractivity contribution >= 4 is 11.6 Å². The van der Waals surface area contributed by atoms with Crippen molar-refractivity contribution in [3.05, 3.63) is 59.1 Å². The lowest BCUT2D eigenvalue weighted by molar-refractivity contribution is 0.180. The summed E-state index contributed by atoms with van der Waals surface area (Å²) < 4.78 is 11.1. The number of benzene rings is 2. The molecule has 3 nitrogen and oxygen atoms in total. The fourth-order valence-corrected chi connectivity index (χ4v) is 2.06. The minimum Gasteiger partial charge on any atom is -0.497 e. The normalized spacial score (nSPS) is 13.6. The third-order valence-corrected chi connectivity index (χ3v) is 3.25. The zero-order valence-corrected chi connectivity index (χ0v) is 12.3. The third kappa shape index (κ3) is 3.65. The van der Waals surface area contributed by atoms with Crippen LogP contribution in [0.2, 0.25) is 5.02 Å². The van der Waals surface area contributed by atoms with Crippen molar-refractivity contribution in [3.8, 4) is 11.5 Å². The Labute approximate surface area is 124 Å². The fraction of sp³-hybridized carbons (Fsp3) is 0.250. The van der Waals surface area contributed by atoms with Gasteiger partial charge < -0.3 is 15.2 Å². The molecular formula is C16H18ClNO2. The summed E-state index contributed by atoms with van der Waals surface area (Å²) in [5.41, 5.74) is 7.04. The molecule has 20 heavy (non-hydrogen) atoms. The molecule has 0 aliphatic heterocycles. The first-order valence-electron chi connectivity index (χ1n) is 6.42. The molecule has 0 aromatic heterocycles. The van der Waals surface area contributed by atoms with E-state index < -0.39 is 0 Å². The highest BCUT2D eigenvalue weighted by Gasteiger charge is 2.18. The van der Waals surface area contributed by atoms with Crippen molar-refractivity contribution in [2.75, 3.05) is 7.11 Å². The molecule has 106 valence electrons. The number of rotatable bonds is 5. The quantitative estimate of drug-likeness (QED) is 0.911. The highest BCUT2D eigenvalue weighted by molar-refractivity contribution is 6.30. The molecule has 0 bridgehead atoms. The molecule has 2 rings (SSSR count). The third-order valence-electron chi connectivity index (χ3n) is 3.00. The molecule has 2 aromatic carbocycles. The Bertz CT molecular complexity index is 537. The van der Waals surface area contributed by atoms with Crippen LogP contribution in [0.5, 0.6) is 11.5 Å². The molecule has 2 atom stereocenters. The van der Waals surface area contributed by atoms with Gasteiger partial charge in [0.2, 0.25) is 0 Å². The Hall–Kier alpha value is -1.71. The molecule has 0 saturated heterocycles. The summed E-state index contributed by atoms with van der Waals surface area (Å²) in [5.74, 6) is 1.55. The molecule has 0 fully saturated rings. The Balaban J connectivity index is 2.19. The molecule has 0 aliphatic rings. The summed E-state index contributed by atoms with van der Waals surface area (Å²) >= 11 is 5.87. The van der Waals surface area contributed by atoms with E-state index in [9.17, 15) is 0 Å². The van der Waals surface area contributed by atoms with Crippen LogP contribution >= 0.6 is 11.6 Å². The van der Waals surface area contributed by atoms with Gasteiger partial charge in [-0.1, -0.05) is 23.7 Å². The number of halogens is 1. The van der Waals surface area contributed by atoms with E-state index in [1.54, 1.807) is 19.2 Å². The van der Waals surface area contributed by atoms with Crippen LogP contribution in [0.3, 0.4) is 0 Å². The van der Waals surface area contributed by atoms with Crippen LogP contribution in [0.4, 0.5) is 0 Å². The van der Waals surface area contributed by atoms with Gasteiger partial charge in [-0.3, -0.25) is 0 Å². The highest BCUT2D eigenvalue weighted by Crippen LogP contribution is 2.26. The number of nitrogens with two attached hydrogens (primary N) is 1. The second kappa shape index (κ2) is 6.64. The maximum absolute atomic E-state index is 6.03. The van der Waals surface area contributed by atoms with Crippen molar-refractivity contribution < 1.29 is 9.47 Å². The van der Waals surface area contributed by atoms with Crippen LogP contribution in [0.25, 0.3) is 0 Å². The topological polar surface area (TPSA) is 44.5 Å². The average Bonchev–Trinajstić information content (AvgIpc) is 2.46. The van der Waals surface area contributed by atoms with Crippen LogP contribution in [0, 0.1) is 0 Å². The van der Waals surface area contributed by atoms with Gasteiger partial charge in [-0.05, 0) is 48.9 Å². The molecule has 0 spiro atoms. The minimum absolute atomic E-state index is 0.140. The van der Waals surface area contributed by atoms with Crippen LogP contribution in [-0.2, 0) is 0 Å². The van der Waals surface area contributed by atoms with Crippen LogP contribution in [-0.4, -0.2) is 13.2 Å². The van der Waals surface area contributed by atoms with Gasteiger partial charge in [0, 0.05) is 11.1 Å². The first-order valence-corrected chi connectivity index (χ1v) is 6.79. The standard InChI is InChI=1S/C16H18ClNO2/c1-11(18)16(12-3-7-14(19-2)8-4-12)20-15-9-5-13(17)6-10-15/h3-11,16H,18H2,1-2H3. The molecular weight excluding hydrogens is 274 g/mol. The first-order chi connectivity index (χ1) is 9.60. The van der Waals surface area contributed by atoms with E-state index >= 15 is 0 Å². The molecule has 0 heterocycles. The maximum atomic E-state index is 6.03. The summed E-state index contributed by atoms with van der Waals surface area (Å²) in [6, 6.07) is 14.8. The summed E-state index contributed by atoms with van der Waals surface area (Å²) in [5, 5.41) is 0.680. The lowest BCUT2D eigenvalue weighted by Crippen LogP contribution is -2.29. The maximum Gasteiger partial charge on any atom is 0.138 e. The summed E-state index contributed by atoms with van der Waals surface area (Å²) in [6.07, 6.45) is -0.220. The monoisotopic (exact) mass is 291 g/mol. The summed E-state index contributed by atoms with van der Waals surface area (Å²) in [7, 11) is 1.64. The Morgan fingerprint density at radius 1 is 0.950 bits per heavy atom. The van der Waals surface area contributed by atoms with Crippen LogP contribution in [0.1, 0.15) is 18.6 Å². The van der Waals surface area contributed by atoms with Gasteiger partial charge in [0.15, 0.2) is 0 Å². The van der Waals surface area contributed by atoms with Crippen molar-refractivity contribution in [1.29, 1.82) is 0 Å². The van der Waals surface area contributed by atoms with Gasteiger partial charge in [0.25, 0.3) is 0 Å².